The second-order valence-corrected chi connectivity index (χ2v) is 7.78. The van der Waals surface area contributed by atoms with Gasteiger partial charge in [0.1, 0.15) is 11.8 Å². The van der Waals surface area contributed by atoms with Crippen LogP contribution in [0, 0.1) is 17.1 Å². The lowest BCUT2D eigenvalue weighted by atomic mass is 10.1. The Bertz CT molecular complexity index is 1190. The number of halogens is 1. The van der Waals surface area contributed by atoms with Crippen LogP contribution in [0.3, 0.4) is 0 Å². The average molecular weight is 433 g/mol. The van der Waals surface area contributed by atoms with Crippen LogP contribution in [0.2, 0.25) is 0 Å². The summed E-state index contributed by atoms with van der Waals surface area (Å²) in [6.45, 7) is 0.916. The zero-order valence-electron chi connectivity index (χ0n) is 17.3. The number of ether oxygens (including phenoxy) is 1. The van der Waals surface area contributed by atoms with Gasteiger partial charge in [-0.25, -0.2) is 9.37 Å². The Hall–Kier alpha value is -4.00. The molecule has 0 N–H and O–H groups in total. The van der Waals surface area contributed by atoms with Crippen molar-refractivity contribution in [2.75, 3.05) is 25.1 Å². The maximum Gasteiger partial charge on any atom is 0.256 e. The number of hydrogen-bond donors (Lipinski definition) is 0. The second-order valence-electron chi connectivity index (χ2n) is 7.78. The quantitative estimate of drug-likeness (QED) is 0.622. The predicted molar refractivity (Wildman–Crippen MR) is 112 cm³/mol. The monoisotopic (exact) mass is 433 g/mol. The molecule has 2 aromatic heterocycles. The molecule has 2 atom stereocenters. The van der Waals surface area contributed by atoms with Crippen LogP contribution in [0.1, 0.15) is 28.8 Å². The molecule has 3 aromatic rings. The van der Waals surface area contributed by atoms with E-state index in [-0.39, 0.29) is 29.2 Å². The summed E-state index contributed by atoms with van der Waals surface area (Å²) < 4.78 is 20.1. The fourth-order valence-corrected chi connectivity index (χ4v) is 4.72. The van der Waals surface area contributed by atoms with E-state index < -0.39 is 5.82 Å². The van der Waals surface area contributed by atoms with Crippen molar-refractivity contribution in [3.63, 3.8) is 0 Å². The molecule has 2 aliphatic rings. The Morgan fingerprint density at radius 2 is 1.88 bits per heavy atom. The van der Waals surface area contributed by atoms with Gasteiger partial charge in [-0.05, 0) is 31.0 Å². The van der Waals surface area contributed by atoms with Gasteiger partial charge in [-0.1, -0.05) is 6.07 Å². The molecule has 2 aliphatic heterocycles. The maximum absolute atomic E-state index is 14.6. The van der Waals surface area contributed by atoms with Crippen LogP contribution in [0.4, 0.5) is 10.2 Å². The van der Waals surface area contributed by atoms with Crippen molar-refractivity contribution in [3.05, 3.63) is 59.8 Å². The van der Waals surface area contributed by atoms with Crippen molar-refractivity contribution in [2.45, 2.75) is 24.9 Å². The highest BCUT2D eigenvalue weighted by molar-refractivity contribution is 5.98. The molecule has 162 valence electrons. The normalized spacial score (nSPS) is 19.7. The van der Waals surface area contributed by atoms with Gasteiger partial charge in [-0.2, -0.15) is 15.5 Å². The molecular formula is C22H20FN7O2. The van der Waals surface area contributed by atoms with Gasteiger partial charge >= 0.3 is 0 Å². The Kier molecular flexibility index (Phi) is 4.93. The van der Waals surface area contributed by atoms with Crippen LogP contribution in [-0.2, 0) is 0 Å². The molecule has 0 radical (unpaired) electrons. The van der Waals surface area contributed by atoms with E-state index in [9.17, 15) is 14.4 Å². The van der Waals surface area contributed by atoms with Crippen molar-refractivity contribution in [1.82, 2.24) is 24.9 Å². The van der Waals surface area contributed by atoms with Gasteiger partial charge in [0.25, 0.3) is 5.91 Å². The van der Waals surface area contributed by atoms with Gasteiger partial charge in [0.15, 0.2) is 17.4 Å². The molecule has 2 bridgehead atoms. The first-order chi connectivity index (χ1) is 15.6. The SMILES string of the molecule is COc1c(C#N)ccnc1N1C2CCC1CN(C(=O)c1cccc(F)c1-n1nccn1)C2. The number of benzene rings is 1. The number of carbonyl (C=O) groups is 1. The number of piperazine rings is 1. The molecule has 0 saturated carbocycles. The Labute approximate surface area is 183 Å². The van der Waals surface area contributed by atoms with Crippen LogP contribution in [0.15, 0.2) is 42.9 Å². The fourth-order valence-electron chi connectivity index (χ4n) is 4.72. The lowest BCUT2D eigenvalue weighted by Crippen LogP contribution is -2.56. The van der Waals surface area contributed by atoms with Crippen molar-refractivity contribution in [1.29, 1.82) is 5.26 Å². The van der Waals surface area contributed by atoms with E-state index in [1.54, 1.807) is 23.2 Å². The number of carbonyl (C=O) groups excluding carboxylic acids is 1. The van der Waals surface area contributed by atoms with E-state index in [2.05, 4.69) is 26.2 Å². The third kappa shape index (κ3) is 3.13. The molecule has 2 fully saturated rings. The number of amides is 1. The zero-order chi connectivity index (χ0) is 22.2. The van der Waals surface area contributed by atoms with Crippen molar-refractivity contribution in [2.24, 2.45) is 0 Å². The highest BCUT2D eigenvalue weighted by Gasteiger charge is 2.44. The lowest BCUT2D eigenvalue weighted by molar-refractivity contribution is 0.0716. The fraction of sp³-hybridized carbons (Fsp3) is 0.318. The van der Waals surface area contributed by atoms with Crippen LogP contribution in [0.25, 0.3) is 5.69 Å². The summed E-state index contributed by atoms with van der Waals surface area (Å²) in [4.78, 5) is 23.0. The number of nitrogens with zero attached hydrogens (tertiary/aromatic N) is 7. The number of likely N-dealkylation sites (tertiary alicyclic amines) is 1. The smallest absolute Gasteiger partial charge is 0.256 e. The standard InChI is InChI=1S/C22H20FN7O2/c1-32-20-14(11-24)7-8-25-21(20)29-15-5-6-16(29)13-28(12-15)22(31)17-3-2-4-18(23)19(17)30-26-9-10-27-30/h2-4,7-10,15-16H,5-6,12-13H2,1H3. The van der Waals surface area contributed by atoms with E-state index in [1.807, 2.05) is 0 Å². The minimum absolute atomic E-state index is 0.0212. The topological polar surface area (TPSA) is 100 Å². The van der Waals surface area contributed by atoms with E-state index >= 15 is 0 Å². The Morgan fingerprint density at radius 3 is 2.53 bits per heavy atom. The lowest BCUT2D eigenvalue weighted by Gasteiger charge is -2.42. The number of rotatable bonds is 4. The number of anilines is 1. The van der Waals surface area contributed by atoms with E-state index in [4.69, 9.17) is 4.74 Å². The first-order valence-corrected chi connectivity index (χ1v) is 10.3. The number of methoxy groups -OCH3 is 1. The maximum atomic E-state index is 14.6. The first-order valence-electron chi connectivity index (χ1n) is 10.3. The van der Waals surface area contributed by atoms with Gasteiger partial charge in [0.05, 0.1) is 30.6 Å². The van der Waals surface area contributed by atoms with Crippen LogP contribution in [0.5, 0.6) is 5.75 Å². The number of hydrogen-bond acceptors (Lipinski definition) is 7. The zero-order valence-corrected chi connectivity index (χ0v) is 17.3. The van der Waals surface area contributed by atoms with Gasteiger partial charge in [-0.15, -0.1) is 4.80 Å². The van der Waals surface area contributed by atoms with E-state index in [0.29, 0.717) is 30.2 Å². The minimum atomic E-state index is -0.559. The predicted octanol–water partition coefficient (Wildman–Crippen LogP) is 2.18. The van der Waals surface area contributed by atoms with Crippen LogP contribution < -0.4 is 9.64 Å². The summed E-state index contributed by atoms with van der Waals surface area (Å²) in [6.07, 6.45) is 6.24. The van der Waals surface area contributed by atoms with Crippen molar-refractivity contribution >= 4 is 11.7 Å². The summed E-state index contributed by atoms with van der Waals surface area (Å²) in [5, 5.41) is 17.4. The number of aromatic nitrogens is 4. The van der Waals surface area contributed by atoms with Crippen LogP contribution >= 0.6 is 0 Å². The summed E-state index contributed by atoms with van der Waals surface area (Å²) in [7, 11) is 1.53. The Balaban J connectivity index is 1.45. The van der Waals surface area contributed by atoms with Gasteiger partial charge < -0.3 is 14.5 Å². The highest BCUT2D eigenvalue weighted by atomic mass is 19.1. The highest BCUT2D eigenvalue weighted by Crippen LogP contribution is 2.40. The molecule has 5 rings (SSSR count). The summed E-state index contributed by atoms with van der Waals surface area (Å²) in [6, 6.07) is 8.21. The number of para-hydroxylation sites is 1. The molecule has 1 amide bonds. The van der Waals surface area contributed by atoms with Gasteiger partial charge in [0.2, 0.25) is 0 Å². The van der Waals surface area contributed by atoms with Crippen molar-refractivity contribution < 1.29 is 13.9 Å². The summed E-state index contributed by atoms with van der Waals surface area (Å²) in [5.41, 5.74) is 0.685. The van der Waals surface area contributed by atoms with Crippen LogP contribution in [-0.4, -0.2) is 63.1 Å². The molecule has 32 heavy (non-hydrogen) atoms. The number of fused-ring (bicyclic) bond motifs is 2. The second kappa shape index (κ2) is 7.92. The molecule has 0 aliphatic carbocycles. The number of pyridine rings is 1. The van der Waals surface area contributed by atoms with Crippen molar-refractivity contribution in [3.8, 4) is 17.5 Å². The molecule has 0 spiro atoms. The third-order valence-electron chi connectivity index (χ3n) is 6.06. The number of nitriles is 1. The molecular weight excluding hydrogens is 413 g/mol. The molecule has 4 heterocycles. The largest absolute Gasteiger partial charge is 0.492 e. The molecule has 10 heteroatoms. The molecule has 1 aromatic carbocycles. The van der Waals surface area contributed by atoms with Gasteiger partial charge in [-0.3, -0.25) is 4.79 Å². The average Bonchev–Trinajstić information content (AvgIpc) is 3.43. The van der Waals surface area contributed by atoms with E-state index in [1.165, 1.54) is 31.6 Å². The van der Waals surface area contributed by atoms with Gasteiger partial charge in [0, 0.05) is 31.4 Å². The summed E-state index contributed by atoms with van der Waals surface area (Å²) >= 11 is 0. The minimum Gasteiger partial charge on any atom is -0.492 e. The third-order valence-corrected chi connectivity index (χ3v) is 6.06. The Morgan fingerprint density at radius 1 is 1.16 bits per heavy atom. The summed E-state index contributed by atoms with van der Waals surface area (Å²) in [5.74, 6) is 0.247. The first kappa shape index (κ1) is 19.9. The molecule has 2 unspecified atom stereocenters. The molecule has 9 nitrogen and oxygen atoms in total. The van der Waals surface area contributed by atoms with E-state index in [0.717, 1.165) is 17.6 Å². The molecule has 2 saturated heterocycles.